The van der Waals surface area contributed by atoms with Crippen molar-refractivity contribution in [2.24, 2.45) is 4.99 Å². The minimum absolute atomic E-state index is 0.0794. The standard InChI is InChI=1S/C13H16BrN3O/c1-8(2)15-12-16-11(18)13(3,17-12)9-4-6-10(14)7-5-9/h4-8H,1-3H3,(H2,15,16,17,18). The first-order valence-corrected chi connectivity index (χ1v) is 6.64. The molecule has 0 aliphatic carbocycles. The van der Waals surface area contributed by atoms with E-state index in [1.165, 1.54) is 0 Å². The predicted octanol–water partition coefficient (Wildman–Crippen LogP) is 2.15. The summed E-state index contributed by atoms with van der Waals surface area (Å²) in [6.07, 6.45) is 0. The maximum absolute atomic E-state index is 12.1. The van der Waals surface area contributed by atoms with Crippen molar-refractivity contribution in [2.75, 3.05) is 0 Å². The topological polar surface area (TPSA) is 53.5 Å². The van der Waals surface area contributed by atoms with E-state index in [2.05, 4.69) is 31.6 Å². The molecule has 18 heavy (non-hydrogen) atoms. The summed E-state index contributed by atoms with van der Waals surface area (Å²) >= 11 is 3.39. The number of hydrogen-bond donors (Lipinski definition) is 2. The molecule has 96 valence electrons. The Morgan fingerprint density at radius 1 is 1.28 bits per heavy atom. The third-order valence-corrected chi connectivity index (χ3v) is 3.39. The Morgan fingerprint density at radius 2 is 1.89 bits per heavy atom. The van der Waals surface area contributed by atoms with Gasteiger partial charge in [-0.3, -0.25) is 15.1 Å². The molecule has 2 N–H and O–H groups in total. The van der Waals surface area contributed by atoms with Gasteiger partial charge in [0.2, 0.25) is 0 Å². The van der Waals surface area contributed by atoms with Gasteiger partial charge in [0.25, 0.3) is 5.91 Å². The quantitative estimate of drug-likeness (QED) is 0.879. The van der Waals surface area contributed by atoms with Crippen LogP contribution < -0.4 is 10.6 Å². The lowest BCUT2D eigenvalue weighted by atomic mass is 9.92. The summed E-state index contributed by atoms with van der Waals surface area (Å²) in [5, 5.41) is 5.94. The molecule has 0 spiro atoms. The first-order valence-electron chi connectivity index (χ1n) is 5.85. The van der Waals surface area contributed by atoms with Crippen molar-refractivity contribution >= 4 is 27.8 Å². The van der Waals surface area contributed by atoms with Crippen LogP contribution in [0.15, 0.2) is 33.7 Å². The maximum Gasteiger partial charge on any atom is 0.256 e. The molecule has 1 aliphatic heterocycles. The van der Waals surface area contributed by atoms with Gasteiger partial charge in [-0.05, 0) is 38.5 Å². The van der Waals surface area contributed by atoms with Crippen molar-refractivity contribution < 1.29 is 4.79 Å². The van der Waals surface area contributed by atoms with Gasteiger partial charge in [-0.25, -0.2) is 0 Å². The molecule has 0 bridgehead atoms. The molecular weight excluding hydrogens is 294 g/mol. The molecule has 2 rings (SSSR count). The Morgan fingerprint density at radius 3 is 2.44 bits per heavy atom. The van der Waals surface area contributed by atoms with Crippen molar-refractivity contribution in [3.05, 3.63) is 34.3 Å². The SMILES string of the molecule is CC(C)N=C1NC(=O)C(C)(c2ccc(Br)cc2)N1. The number of rotatable bonds is 2. The number of carbonyl (C=O) groups excluding carboxylic acids is 1. The molecule has 0 saturated carbocycles. The Kier molecular flexibility index (Phi) is 3.43. The van der Waals surface area contributed by atoms with Crippen LogP contribution in [0.1, 0.15) is 26.3 Å². The molecular formula is C13H16BrN3O. The molecule has 0 radical (unpaired) electrons. The molecule has 1 aliphatic rings. The minimum Gasteiger partial charge on any atom is -0.338 e. The van der Waals surface area contributed by atoms with E-state index in [0.29, 0.717) is 5.96 Å². The molecule has 1 aromatic rings. The number of guanidine groups is 1. The lowest BCUT2D eigenvalue weighted by molar-refractivity contribution is -0.123. The van der Waals surface area contributed by atoms with Gasteiger partial charge < -0.3 is 5.32 Å². The summed E-state index contributed by atoms with van der Waals surface area (Å²) in [5.41, 5.74) is 0.159. The van der Waals surface area contributed by atoms with Crippen LogP contribution in [0, 0.1) is 0 Å². The van der Waals surface area contributed by atoms with Crippen LogP contribution in [0.5, 0.6) is 0 Å². The number of hydrogen-bond acceptors (Lipinski definition) is 2. The Labute approximate surface area is 115 Å². The number of carbonyl (C=O) groups is 1. The Balaban J connectivity index is 2.32. The number of benzene rings is 1. The van der Waals surface area contributed by atoms with Gasteiger partial charge in [0, 0.05) is 10.5 Å². The number of aliphatic imine (C=N–C) groups is 1. The third-order valence-electron chi connectivity index (χ3n) is 2.86. The second kappa shape index (κ2) is 4.72. The second-order valence-electron chi connectivity index (χ2n) is 4.78. The third kappa shape index (κ3) is 2.41. The van der Waals surface area contributed by atoms with Gasteiger partial charge in [0.05, 0.1) is 0 Å². The van der Waals surface area contributed by atoms with E-state index in [4.69, 9.17) is 0 Å². The summed E-state index contributed by atoms with van der Waals surface area (Å²) < 4.78 is 0.990. The zero-order valence-corrected chi connectivity index (χ0v) is 12.2. The van der Waals surface area contributed by atoms with E-state index < -0.39 is 5.54 Å². The van der Waals surface area contributed by atoms with E-state index in [9.17, 15) is 4.79 Å². The number of amides is 1. The molecule has 1 saturated heterocycles. The highest BCUT2D eigenvalue weighted by Crippen LogP contribution is 2.25. The molecule has 1 fully saturated rings. The second-order valence-corrected chi connectivity index (χ2v) is 5.70. The summed E-state index contributed by atoms with van der Waals surface area (Å²) in [7, 11) is 0. The summed E-state index contributed by atoms with van der Waals surface area (Å²) in [4.78, 5) is 16.4. The molecule has 1 atom stereocenters. The Hall–Kier alpha value is -1.36. The fourth-order valence-corrected chi connectivity index (χ4v) is 2.13. The average molecular weight is 310 g/mol. The van der Waals surface area contributed by atoms with Crippen molar-refractivity contribution in [1.29, 1.82) is 0 Å². The van der Waals surface area contributed by atoms with Crippen LogP contribution in [-0.2, 0) is 10.3 Å². The molecule has 1 amide bonds. The van der Waals surface area contributed by atoms with Crippen molar-refractivity contribution in [3.8, 4) is 0 Å². The van der Waals surface area contributed by atoms with Gasteiger partial charge >= 0.3 is 0 Å². The van der Waals surface area contributed by atoms with Crippen molar-refractivity contribution in [1.82, 2.24) is 10.6 Å². The lowest BCUT2D eigenvalue weighted by Gasteiger charge is -2.21. The van der Waals surface area contributed by atoms with E-state index in [1.807, 2.05) is 45.0 Å². The summed E-state index contributed by atoms with van der Waals surface area (Å²) in [5.74, 6) is 0.463. The van der Waals surface area contributed by atoms with Gasteiger partial charge in [0.15, 0.2) is 5.96 Å². The number of halogens is 1. The monoisotopic (exact) mass is 309 g/mol. The lowest BCUT2D eigenvalue weighted by Crippen LogP contribution is -2.40. The molecule has 5 heteroatoms. The van der Waals surface area contributed by atoms with Crippen LogP contribution in [0.3, 0.4) is 0 Å². The van der Waals surface area contributed by atoms with Crippen LogP contribution in [0.25, 0.3) is 0 Å². The normalized spacial score (nSPS) is 25.4. The van der Waals surface area contributed by atoms with E-state index in [-0.39, 0.29) is 11.9 Å². The first-order chi connectivity index (χ1) is 8.41. The smallest absolute Gasteiger partial charge is 0.256 e. The Bertz CT molecular complexity index is 495. The largest absolute Gasteiger partial charge is 0.338 e. The highest BCUT2D eigenvalue weighted by atomic mass is 79.9. The number of nitrogens with zero attached hydrogens (tertiary/aromatic N) is 1. The van der Waals surface area contributed by atoms with Crippen molar-refractivity contribution in [2.45, 2.75) is 32.4 Å². The van der Waals surface area contributed by atoms with Gasteiger partial charge in [-0.2, -0.15) is 0 Å². The van der Waals surface area contributed by atoms with E-state index in [0.717, 1.165) is 10.0 Å². The van der Waals surface area contributed by atoms with Crippen LogP contribution >= 0.6 is 15.9 Å². The molecule has 1 aromatic carbocycles. The molecule has 1 unspecified atom stereocenters. The fraction of sp³-hybridized carbons (Fsp3) is 0.385. The first kappa shape index (κ1) is 13.1. The summed E-state index contributed by atoms with van der Waals surface area (Å²) in [6, 6.07) is 7.84. The number of nitrogens with one attached hydrogen (secondary N) is 2. The maximum atomic E-state index is 12.1. The fourth-order valence-electron chi connectivity index (χ4n) is 1.87. The van der Waals surface area contributed by atoms with Crippen LogP contribution in [0.4, 0.5) is 0 Å². The summed E-state index contributed by atoms with van der Waals surface area (Å²) in [6.45, 7) is 5.79. The van der Waals surface area contributed by atoms with Crippen LogP contribution in [0.2, 0.25) is 0 Å². The minimum atomic E-state index is -0.756. The predicted molar refractivity (Wildman–Crippen MR) is 75.3 cm³/mol. The molecule has 0 aromatic heterocycles. The average Bonchev–Trinajstić information content (AvgIpc) is 2.55. The van der Waals surface area contributed by atoms with Gasteiger partial charge in [0.1, 0.15) is 5.54 Å². The van der Waals surface area contributed by atoms with E-state index in [1.54, 1.807) is 0 Å². The zero-order chi connectivity index (χ0) is 13.3. The van der Waals surface area contributed by atoms with Crippen LogP contribution in [-0.4, -0.2) is 17.9 Å². The van der Waals surface area contributed by atoms with Gasteiger partial charge in [-0.1, -0.05) is 28.1 Å². The van der Waals surface area contributed by atoms with Gasteiger partial charge in [-0.15, -0.1) is 0 Å². The highest BCUT2D eigenvalue weighted by Gasteiger charge is 2.42. The van der Waals surface area contributed by atoms with E-state index >= 15 is 0 Å². The van der Waals surface area contributed by atoms with Crippen molar-refractivity contribution in [3.63, 3.8) is 0 Å². The molecule has 1 heterocycles. The molecule has 4 nitrogen and oxygen atoms in total. The highest BCUT2D eigenvalue weighted by molar-refractivity contribution is 9.10. The zero-order valence-electron chi connectivity index (χ0n) is 10.6.